The van der Waals surface area contributed by atoms with Gasteiger partial charge in [-0.3, -0.25) is 0 Å². The molecule has 112 valence electrons. The Hall–Kier alpha value is -2.01. The molecule has 2 aromatic carbocycles. The van der Waals surface area contributed by atoms with Gasteiger partial charge in [-0.2, -0.15) is 0 Å². The molecule has 5 heteroatoms. The Morgan fingerprint density at radius 3 is 2.33 bits per heavy atom. The highest BCUT2D eigenvalue weighted by atomic mass is 19.1. The van der Waals surface area contributed by atoms with E-state index in [9.17, 15) is 13.2 Å². The van der Waals surface area contributed by atoms with Gasteiger partial charge in [0.25, 0.3) is 0 Å². The first-order valence-corrected chi connectivity index (χ1v) is 6.51. The minimum Gasteiger partial charge on any atom is -0.483 e. The molecule has 0 aliphatic heterocycles. The second-order valence-corrected chi connectivity index (χ2v) is 4.78. The third-order valence-electron chi connectivity index (χ3n) is 3.12. The van der Waals surface area contributed by atoms with Crippen LogP contribution in [0.2, 0.25) is 0 Å². The van der Waals surface area contributed by atoms with Gasteiger partial charge in [-0.25, -0.2) is 13.2 Å². The summed E-state index contributed by atoms with van der Waals surface area (Å²) in [6.07, 6.45) is 0. The van der Waals surface area contributed by atoms with Crippen molar-refractivity contribution in [1.82, 2.24) is 5.32 Å². The lowest BCUT2D eigenvalue weighted by Crippen LogP contribution is -2.07. The molecule has 0 saturated heterocycles. The number of aryl methyl sites for hydroxylation is 1. The molecular formula is C16H16F3NO. The summed E-state index contributed by atoms with van der Waals surface area (Å²) in [5, 5.41) is 2.81. The number of halogens is 3. The minimum atomic E-state index is -0.769. The zero-order chi connectivity index (χ0) is 15.4. The Morgan fingerprint density at radius 1 is 1.05 bits per heavy atom. The average molecular weight is 295 g/mol. The van der Waals surface area contributed by atoms with Gasteiger partial charge in [-0.1, -0.05) is 6.07 Å². The van der Waals surface area contributed by atoms with Crippen LogP contribution >= 0.6 is 0 Å². The summed E-state index contributed by atoms with van der Waals surface area (Å²) in [5.41, 5.74) is 1.83. The Morgan fingerprint density at radius 2 is 1.71 bits per heavy atom. The van der Waals surface area contributed by atoms with Crippen LogP contribution in [0.3, 0.4) is 0 Å². The molecule has 2 nitrogen and oxygen atoms in total. The number of hydrogen-bond acceptors (Lipinski definition) is 2. The number of rotatable bonds is 5. The zero-order valence-corrected chi connectivity index (χ0v) is 11.8. The highest BCUT2D eigenvalue weighted by molar-refractivity contribution is 5.32. The van der Waals surface area contributed by atoms with E-state index in [0.29, 0.717) is 17.7 Å². The van der Waals surface area contributed by atoms with E-state index in [1.165, 1.54) is 24.3 Å². The Kier molecular flexibility index (Phi) is 4.85. The van der Waals surface area contributed by atoms with Crippen molar-refractivity contribution in [2.75, 3.05) is 7.05 Å². The molecule has 0 aromatic heterocycles. The predicted octanol–water partition coefficient (Wildman–Crippen LogP) is 3.71. The van der Waals surface area contributed by atoms with E-state index in [0.717, 1.165) is 5.56 Å². The maximum Gasteiger partial charge on any atom is 0.191 e. The fourth-order valence-corrected chi connectivity index (χ4v) is 2.00. The normalized spacial score (nSPS) is 10.7. The Bertz CT molecular complexity index is 620. The molecule has 0 fully saturated rings. The predicted molar refractivity (Wildman–Crippen MR) is 74.6 cm³/mol. The van der Waals surface area contributed by atoms with E-state index in [4.69, 9.17) is 4.74 Å². The number of ether oxygens (including phenoxy) is 1. The summed E-state index contributed by atoms with van der Waals surface area (Å²) >= 11 is 0. The third-order valence-corrected chi connectivity index (χ3v) is 3.12. The van der Waals surface area contributed by atoms with Gasteiger partial charge in [-0.05, 0) is 54.9 Å². The van der Waals surface area contributed by atoms with Crippen LogP contribution in [0.1, 0.15) is 16.7 Å². The van der Waals surface area contributed by atoms with Gasteiger partial charge in [0.15, 0.2) is 17.4 Å². The van der Waals surface area contributed by atoms with Crippen molar-refractivity contribution in [3.05, 3.63) is 64.5 Å². The van der Waals surface area contributed by atoms with Crippen LogP contribution in [0.4, 0.5) is 13.2 Å². The SMILES string of the molecule is CNCc1cc(F)c(OCc2cc(F)ccc2C)c(F)c1. The fourth-order valence-electron chi connectivity index (χ4n) is 2.00. The molecule has 1 N–H and O–H groups in total. The van der Waals surface area contributed by atoms with E-state index < -0.39 is 23.2 Å². The van der Waals surface area contributed by atoms with Crippen LogP contribution < -0.4 is 10.1 Å². The van der Waals surface area contributed by atoms with Crippen molar-refractivity contribution >= 4 is 0 Å². The van der Waals surface area contributed by atoms with Gasteiger partial charge in [0, 0.05) is 6.54 Å². The van der Waals surface area contributed by atoms with Gasteiger partial charge in [0.05, 0.1) is 0 Å². The summed E-state index contributed by atoms with van der Waals surface area (Å²) in [6, 6.07) is 6.64. The first kappa shape index (κ1) is 15.4. The maximum atomic E-state index is 13.9. The van der Waals surface area contributed by atoms with E-state index in [1.807, 2.05) is 0 Å². The van der Waals surface area contributed by atoms with Gasteiger partial charge in [0.1, 0.15) is 12.4 Å². The third kappa shape index (κ3) is 3.76. The number of benzene rings is 2. The van der Waals surface area contributed by atoms with Gasteiger partial charge in [-0.15, -0.1) is 0 Å². The van der Waals surface area contributed by atoms with Crippen LogP contribution in [-0.2, 0) is 13.2 Å². The lowest BCUT2D eigenvalue weighted by Gasteiger charge is -2.11. The van der Waals surface area contributed by atoms with Crippen molar-refractivity contribution in [2.45, 2.75) is 20.1 Å². The summed E-state index contributed by atoms with van der Waals surface area (Å²) < 4.78 is 46.0. The zero-order valence-electron chi connectivity index (χ0n) is 11.8. The van der Waals surface area contributed by atoms with Crippen molar-refractivity contribution < 1.29 is 17.9 Å². The lowest BCUT2D eigenvalue weighted by molar-refractivity contribution is 0.272. The smallest absolute Gasteiger partial charge is 0.191 e. The molecule has 0 bridgehead atoms. The minimum absolute atomic E-state index is 0.0944. The highest BCUT2D eigenvalue weighted by Gasteiger charge is 2.13. The number of hydrogen-bond donors (Lipinski definition) is 1. The van der Waals surface area contributed by atoms with Gasteiger partial charge in [0.2, 0.25) is 0 Å². The summed E-state index contributed by atoms with van der Waals surface area (Å²) in [6.45, 7) is 2.04. The molecule has 0 aliphatic rings. The van der Waals surface area contributed by atoms with Gasteiger partial charge >= 0.3 is 0 Å². The quantitative estimate of drug-likeness (QED) is 0.908. The standard InChI is InChI=1S/C16H16F3NO/c1-10-3-4-13(17)7-12(10)9-21-16-14(18)5-11(8-20-2)6-15(16)19/h3-7,20H,8-9H2,1-2H3. The Labute approximate surface area is 121 Å². The summed E-state index contributed by atoms with van der Waals surface area (Å²) in [5.74, 6) is -2.40. The molecule has 0 aliphatic carbocycles. The van der Waals surface area contributed by atoms with E-state index in [1.54, 1.807) is 20.0 Å². The van der Waals surface area contributed by atoms with E-state index in [-0.39, 0.29) is 6.61 Å². The topological polar surface area (TPSA) is 21.3 Å². The molecule has 0 heterocycles. The summed E-state index contributed by atoms with van der Waals surface area (Å²) in [4.78, 5) is 0. The van der Waals surface area contributed by atoms with Crippen molar-refractivity contribution in [1.29, 1.82) is 0 Å². The van der Waals surface area contributed by atoms with Crippen molar-refractivity contribution in [2.24, 2.45) is 0 Å². The van der Waals surface area contributed by atoms with E-state index >= 15 is 0 Å². The molecule has 0 amide bonds. The molecular weight excluding hydrogens is 279 g/mol. The second-order valence-electron chi connectivity index (χ2n) is 4.78. The largest absolute Gasteiger partial charge is 0.483 e. The molecule has 2 aromatic rings. The van der Waals surface area contributed by atoms with Crippen LogP contribution in [-0.4, -0.2) is 7.05 Å². The first-order valence-electron chi connectivity index (χ1n) is 6.51. The molecule has 0 atom stereocenters. The van der Waals surface area contributed by atoms with Crippen LogP contribution in [0, 0.1) is 24.4 Å². The molecule has 21 heavy (non-hydrogen) atoms. The van der Waals surface area contributed by atoms with Crippen LogP contribution in [0.5, 0.6) is 5.75 Å². The molecule has 0 unspecified atom stereocenters. The van der Waals surface area contributed by atoms with Crippen LogP contribution in [0.25, 0.3) is 0 Å². The molecule has 0 radical (unpaired) electrons. The second kappa shape index (κ2) is 6.63. The monoisotopic (exact) mass is 295 g/mol. The maximum absolute atomic E-state index is 13.9. The van der Waals surface area contributed by atoms with Crippen molar-refractivity contribution in [3.8, 4) is 5.75 Å². The molecule has 0 spiro atoms. The number of nitrogens with one attached hydrogen (secondary N) is 1. The Balaban J connectivity index is 2.18. The van der Waals surface area contributed by atoms with Gasteiger partial charge < -0.3 is 10.1 Å². The van der Waals surface area contributed by atoms with Crippen molar-refractivity contribution in [3.63, 3.8) is 0 Å². The first-order chi connectivity index (χ1) is 10.0. The fraction of sp³-hybridized carbons (Fsp3) is 0.250. The van der Waals surface area contributed by atoms with Crippen LogP contribution in [0.15, 0.2) is 30.3 Å². The summed E-state index contributed by atoms with van der Waals surface area (Å²) in [7, 11) is 1.69. The average Bonchev–Trinajstić information content (AvgIpc) is 2.42. The molecule has 0 saturated carbocycles. The highest BCUT2D eigenvalue weighted by Crippen LogP contribution is 2.25. The lowest BCUT2D eigenvalue weighted by atomic mass is 10.1. The van der Waals surface area contributed by atoms with E-state index in [2.05, 4.69) is 5.32 Å². The molecule has 2 rings (SSSR count).